The predicted molar refractivity (Wildman–Crippen MR) is 67.9 cm³/mol. The van der Waals surface area contributed by atoms with Crippen molar-refractivity contribution in [2.75, 3.05) is 11.0 Å². The lowest BCUT2D eigenvalue weighted by molar-refractivity contribution is 0.300. The van der Waals surface area contributed by atoms with Gasteiger partial charge in [-0.1, -0.05) is 6.92 Å². The molecule has 0 atom stereocenters. The van der Waals surface area contributed by atoms with Crippen LogP contribution in [-0.2, 0) is 16.4 Å². The number of ether oxygens (including phenoxy) is 1. The Bertz CT molecular complexity index is 506. The number of aryl methyl sites for hydroxylation is 1. The van der Waals surface area contributed by atoms with Crippen LogP contribution in [0.5, 0.6) is 5.75 Å². The van der Waals surface area contributed by atoms with Crippen LogP contribution in [0.1, 0.15) is 25.3 Å². The average molecular weight is 255 g/mol. The van der Waals surface area contributed by atoms with Crippen LogP contribution in [0.3, 0.4) is 0 Å². The van der Waals surface area contributed by atoms with E-state index in [1.54, 1.807) is 6.07 Å². The van der Waals surface area contributed by atoms with Crippen molar-refractivity contribution in [3.63, 3.8) is 0 Å². The lowest BCUT2D eigenvalue weighted by atomic mass is 10.1. The highest BCUT2D eigenvalue weighted by Crippen LogP contribution is 2.31. The Labute approximate surface area is 102 Å². The zero-order chi connectivity index (χ0) is 12.5. The molecule has 4 nitrogen and oxygen atoms in total. The highest BCUT2D eigenvalue weighted by Gasteiger charge is 2.24. The minimum absolute atomic E-state index is 0.356. The molecule has 0 amide bonds. The molecular weight excluding hydrogens is 238 g/mol. The molecule has 17 heavy (non-hydrogen) atoms. The summed E-state index contributed by atoms with van der Waals surface area (Å²) < 4.78 is 30.5. The largest absolute Gasteiger partial charge is 0.490 e. The monoisotopic (exact) mass is 255 g/mol. The maximum Gasteiger partial charge on any atom is 0.229 e. The summed E-state index contributed by atoms with van der Waals surface area (Å²) in [5.41, 5.74) is 1.62. The average Bonchev–Trinajstić information content (AvgIpc) is 3.02. The first-order chi connectivity index (χ1) is 7.98. The maximum atomic E-state index is 11.1. The third-order valence-corrected chi connectivity index (χ3v) is 3.17. The highest BCUT2D eigenvalue weighted by molar-refractivity contribution is 7.92. The molecule has 0 unspecified atom stereocenters. The summed E-state index contributed by atoms with van der Waals surface area (Å²) in [6, 6.07) is 5.40. The quantitative estimate of drug-likeness (QED) is 0.877. The van der Waals surface area contributed by atoms with Gasteiger partial charge in [-0.3, -0.25) is 4.72 Å². The number of nitrogens with one attached hydrogen (secondary N) is 1. The van der Waals surface area contributed by atoms with Gasteiger partial charge < -0.3 is 4.74 Å². The second-order valence-corrected chi connectivity index (χ2v) is 6.12. The predicted octanol–water partition coefficient (Wildman–Crippen LogP) is 2.16. The smallest absolute Gasteiger partial charge is 0.229 e. The van der Waals surface area contributed by atoms with Gasteiger partial charge in [0.25, 0.3) is 0 Å². The second kappa shape index (κ2) is 4.56. The Morgan fingerprint density at radius 2 is 2.12 bits per heavy atom. The Morgan fingerprint density at radius 1 is 1.41 bits per heavy atom. The summed E-state index contributed by atoms with van der Waals surface area (Å²) in [4.78, 5) is 0. The second-order valence-electron chi connectivity index (χ2n) is 4.37. The molecular formula is C12H17NO3S. The van der Waals surface area contributed by atoms with E-state index in [1.807, 2.05) is 19.1 Å². The molecule has 0 saturated heterocycles. The van der Waals surface area contributed by atoms with Gasteiger partial charge >= 0.3 is 0 Å². The van der Waals surface area contributed by atoms with E-state index in [1.165, 1.54) is 0 Å². The lowest BCUT2D eigenvalue weighted by Crippen LogP contribution is -2.10. The van der Waals surface area contributed by atoms with Crippen LogP contribution in [0.15, 0.2) is 18.2 Å². The van der Waals surface area contributed by atoms with Gasteiger partial charge in [0.15, 0.2) is 0 Å². The summed E-state index contributed by atoms with van der Waals surface area (Å²) in [5.74, 6) is 0.869. The van der Waals surface area contributed by atoms with Gasteiger partial charge in [0, 0.05) is 5.69 Å². The molecule has 2 rings (SSSR count). The molecule has 1 aromatic carbocycles. The van der Waals surface area contributed by atoms with Crippen molar-refractivity contribution < 1.29 is 13.2 Å². The Hall–Kier alpha value is -1.23. The third kappa shape index (κ3) is 3.63. The molecule has 1 fully saturated rings. The van der Waals surface area contributed by atoms with E-state index >= 15 is 0 Å². The van der Waals surface area contributed by atoms with Crippen LogP contribution in [0, 0.1) is 0 Å². The van der Waals surface area contributed by atoms with Crippen LogP contribution >= 0.6 is 0 Å². The fraction of sp³-hybridized carbons (Fsp3) is 0.500. The third-order valence-electron chi connectivity index (χ3n) is 2.56. The van der Waals surface area contributed by atoms with Crippen molar-refractivity contribution in [3.8, 4) is 5.75 Å². The molecule has 1 saturated carbocycles. The molecule has 1 aliphatic carbocycles. The van der Waals surface area contributed by atoms with E-state index in [4.69, 9.17) is 4.74 Å². The molecule has 5 heteroatoms. The molecule has 0 radical (unpaired) electrons. The number of sulfonamides is 1. The first kappa shape index (κ1) is 12.2. The number of rotatable bonds is 5. The Morgan fingerprint density at radius 3 is 2.65 bits per heavy atom. The van der Waals surface area contributed by atoms with Crippen LogP contribution in [0.4, 0.5) is 5.69 Å². The van der Waals surface area contributed by atoms with E-state index in [2.05, 4.69) is 4.72 Å². The number of hydrogen-bond acceptors (Lipinski definition) is 3. The standard InChI is InChI=1S/C12H17NO3S/c1-3-9-8-10(13-17(2,14)15)4-7-12(9)16-11-5-6-11/h4,7-8,11,13H,3,5-6H2,1-2H3. The van der Waals surface area contributed by atoms with Crippen LogP contribution in [0.25, 0.3) is 0 Å². The van der Waals surface area contributed by atoms with Gasteiger partial charge in [-0.2, -0.15) is 0 Å². The molecule has 1 aromatic rings. The summed E-state index contributed by atoms with van der Waals surface area (Å²) in [5, 5.41) is 0. The number of anilines is 1. The Kier molecular flexibility index (Phi) is 3.28. The van der Waals surface area contributed by atoms with Crippen LogP contribution in [-0.4, -0.2) is 20.8 Å². The first-order valence-corrected chi connectivity index (χ1v) is 7.64. The lowest BCUT2D eigenvalue weighted by Gasteiger charge is -2.12. The highest BCUT2D eigenvalue weighted by atomic mass is 32.2. The summed E-state index contributed by atoms with van der Waals surface area (Å²) >= 11 is 0. The topological polar surface area (TPSA) is 55.4 Å². The van der Waals surface area contributed by atoms with Crippen molar-refractivity contribution >= 4 is 15.7 Å². The van der Waals surface area contributed by atoms with E-state index < -0.39 is 10.0 Å². The van der Waals surface area contributed by atoms with E-state index in [9.17, 15) is 8.42 Å². The summed E-state index contributed by atoms with van der Waals surface area (Å²) in [6.45, 7) is 2.03. The molecule has 1 aliphatic rings. The zero-order valence-corrected chi connectivity index (χ0v) is 10.9. The fourth-order valence-corrected chi connectivity index (χ4v) is 2.17. The van der Waals surface area contributed by atoms with Crippen molar-refractivity contribution in [2.24, 2.45) is 0 Å². The molecule has 0 bridgehead atoms. The van der Waals surface area contributed by atoms with Gasteiger partial charge in [-0.15, -0.1) is 0 Å². The minimum Gasteiger partial charge on any atom is -0.490 e. The molecule has 0 spiro atoms. The van der Waals surface area contributed by atoms with E-state index in [-0.39, 0.29) is 0 Å². The molecule has 0 heterocycles. The zero-order valence-electron chi connectivity index (χ0n) is 10.1. The van der Waals surface area contributed by atoms with Crippen LogP contribution < -0.4 is 9.46 Å². The first-order valence-electron chi connectivity index (χ1n) is 5.75. The molecule has 0 aromatic heterocycles. The summed E-state index contributed by atoms with van der Waals surface area (Å²) in [7, 11) is -3.22. The molecule has 0 aliphatic heterocycles. The SMILES string of the molecule is CCc1cc(NS(C)(=O)=O)ccc1OC1CC1. The van der Waals surface area contributed by atoms with Gasteiger partial charge in [0.05, 0.1) is 12.4 Å². The van der Waals surface area contributed by atoms with E-state index in [0.29, 0.717) is 11.8 Å². The minimum atomic E-state index is -3.22. The van der Waals surface area contributed by atoms with Crippen molar-refractivity contribution in [2.45, 2.75) is 32.3 Å². The van der Waals surface area contributed by atoms with E-state index in [0.717, 1.165) is 36.8 Å². The van der Waals surface area contributed by atoms with Crippen molar-refractivity contribution in [3.05, 3.63) is 23.8 Å². The molecule has 94 valence electrons. The van der Waals surface area contributed by atoms with Crippen molar-refractivity contribution in [1.29, 1.82) is 0 Å². The number of benzene rings is 1. The van der Waals surface area contributed by atoms with Crippen molar-refractivity contribution in [1.82, 2.24) is 0 Å². The van der Waals surface area contributed by atoms with Gasteiger partial charge in [-0.25, -0.2) is 8.42 Å². The molecule has 1 N–H and O–H groups in total. The van der Waals surface area contributed by atoms with Gasteiger partial charge in [0.1, 0.15) is 5.75 Å². The fourth-order valence-electron chi connectivity index (χ4n) is 1.61. The van der Waals surface area contributed by atoms with Gasteiger partial charge in [-0.05, 0) is 43.0 Å². The number of hydrogen-bond donors (Lipinski definition) is 1. The summed E-state index contributed by atoms with van der Waals surface area (Å²) in [6.07, 6.45) is 4.56. The maximum absolute atomic E-state index is 11.1. The Balaban J connectivity index is 2.20. The van der Waals surface area contributed by atoms with Gasteiger partial charge in [0.2, 0.25) is 10.0 Å². The normalized spacial score (nSPS) is 15.6. The van der Waals surface area contributed by atoms with Crippen LogP contribution in [0.2, 0.25) is 0 Å².